The third-order valence-corrected chi connectivity index (χ3v) is 5.29. The van der Waals surface area contributed by atoms with Crippen LogP contribution in [0.15, 0.2) is 46.5 Å². The normalized spacial score (nSPS) is 20.5. The average Bonchev–Trinajstić information content (AvgIpc) is 3.14. The van der Waals surface area contributed by atoms with Crippen LogP contribution in [-0.4, -0.2) is 34.7 Å². The minimum atomic E-state index is -0.529. The molecule has 0 saturated carbocycles. The van der Waals surface area contributed by atoms with E-state index in [1.165, 1.54) is 22.8 Å². The fraction of sp³-hybridized carbons (Fsp3) is 0.400. The maximum Gasteiger partial charge on any atom is 0.257 e. The van der Waals surface area contributed by atoms with E-state index in [0.717, 1.165) is 37.6 Å². The van der Waals surface area contributed by atoms with Crippen LogP contribution >= 0.6 is 0 Å². The Hall–Kier alpha value is -2.74. The smallest absolute Gasteiger partial charge is 0.257 e. The second-order valence-corrected chi connectivity index (χ2v) is 7.37. The van der Waals surface area contributed by atoms with Crippen LogP contribution in [0.5, 0.6) is 0 Å². The molecule has 28 heavy (non-hydrogen) atoms. The number of nitrogens with zero attached hydrogens (tertiary/aromatic N) is 3. The van der Waals surface area contributed by atoms with Crippen LogP contribution in [0.3, 0.4) is 0 Å². The molecule has 8 heteroatoms. The van der Waals surface area contributed by atoms with E-state index in [9.17, 15) is 13.6 Å². The molecule has 0 radical (unpaired) electrons. The maximum atomic E-state index is 13.4. The zero-order chi connectivity index (χ0) is 19.7. The monoisotopic (exact) mass is 388 g/mol. The molecular weight excluding hydrogens is 366 g/mol. The highest BCUT2D eigenvalue weighted by Crippen LogP contribution is 2.24. The molecule has 0 bridgehead atoms. The van der Waals surface area contributed by atoms with Gasteiger partial charge >= 0.3 is 0 Å². The van der Waals surface area contributed by atoms with Gasteiger partial charge in [-0.15, -0.1) is 0 Å². The molecule has 0 aliphatic carbocycles. The Kier molecular flexibility index (Phi) is 5.13. The van der Waals surface area contributed by atoms with Gasteiger partial charge in [-0.3, -0.25) is 4.79 Å². The number of benzene rings is 1. The van der Waals surface area contributed by atoms with E-state index in [4.69, 9.17) is 4.84 Å². The quantitative estimate of drug-likeness (QED) is 0.872. The Morgan fingerprint density at radius 2 is 1.89 bits per heavy atom. The van der Waals surface area contributed by atoms with Gasteiger partial charge in [0.2, 0.25) is 5.56 Å². The summed E-state index contributed by atoms with van der Waals surface area (Å²) < 4.78 is 28.2. The largest absolute Gasteiger partial charge is 0.351 e. The number of halogens is 2. The van der Waals surface area contributed by atoms with Crippen molar-refractivity contribution >= 4 is 5.84 Å². The Bertz CT molecular complexity index is 931. The highest BCUT2D eigenvalue weighted by molar-refractivity contribution is 5.98. The van der Waals surface area contributed by atoms with E-state index in [1.54, 1.807) is 19.3 Å². The molecule has 1 aromatic carbocycles. The lowest BCUT2D eigenvalue weighted by molar-refractivity contribution is -0.0632. The van der Waals surface area contributed by atoms with Gasteiger partial charge < -0.3 is 14.7 Å². The summed E-state index contributed by atoms with van der Waals surface area (Å²) in [5.41, 5.74) is 1.40. The molecule has 1 saturated heterocycles. The molecule has 1 aromatic heterocycles. The topological polar surface area (TPSA) is 58.9 Å². The molecule has 3 heterocycles. The molecule has 4 rings (SSSR count). The highest BCUT2D eigenvalue weighted by Gasteiger charge is 2.30. The van der Waals surface area contributed by atoms with Crippen molar-refractivity contribution in [3.63, 3.8) is 0 Å². The van der Waals surface area contributed by atoms with Crippen LogP contribution in [0.1, 0.15) is 24.0 Å². The zero-order valence-electron chi connectivity index (χ0n) is 15.6. The van der Waals surface area contributed by atoms with E-state index in [0.29, 0.717) is 23.7 Å². The number of hydrogen-bond acceptors (Lipinski definition) is 5. The second kappa shape index (κ2) is 7.71. The molecule has 0 amide bonds. The molecule has 1 fully saturated rings. The Morgan fingerprint density at radius 3 is 2.57 bits per heavy atom. The molecule has 1 atom stereocenters. The van der Waals surface area contributed by atoms with E-state index >= 15 is 0 Å². The number of piperidine rings is 1. The summed E-state index contributed by atoms with van der Waals surface area (Å²) in [7, 11) is 1.69. The van der Waals surface area contributed by atoms with Crippen LogP contribution in [0.4, 0.5) is 8.78 Å². The molecule has 1 N–H and O–H groups in total. The van der Waals surface area contributed by atoms with Crippen LogP contribution in [0.25, 0.3) is 0 Å². The van der Waals surface area contributed by atoms with E-state index in [1.807, 2.05) is 0 Å². The number of aryl methyl sites for hydroxylation is 1. The van der Waals surface area contributed by atoms with Crippen molar-refractivity contribution in [3.8, 4) is 0 Å². The second-order valence-electron chi connectivity index (χ2n) is 7.37. The highest BCUT2D eigenvalue weighted by atomic mass is 19.1. The van der Waals surface area contributed by atoms with Gasteiger partial charge in [0, 0.05) is 44.0 Å². The third kappa shape index (κ3) is 4.06. The van der Waals surface area contributed by atoms with Gasteiger partial charge in [-0.25, -0.2) is 13.7 Å². The van der Waals surface area contributed by atoms with Gasteiger partial charge in [-0.1, -0.05) is 5.16 Å². The maximum absolute atomic E-state index is 13.4. The van der Waals surface area contributed by atoms with Crippen molar-refractivity contribution in [1.82, 2.24) is 14.8 Å². The summed E-state index contributed by atoms with van der Waals surface area (Å²) in [5.74, 6) is -0.0842. The SMILES string of the molecule is Cn1cc(C2=NOC(N3CCC(Cc4cc(F)cc(F)c4)CC3)N2)ccc1=O. The van der Waals surface area contributed by atoms with Crippen molar-refractivity contribution in [2.75, 3.05) is 13.1 Å². The lowest BCUT2D eigenvalue weighted by Gasteiger charge is -2.34. The number of likely N-dealkylation sites (tertiary alicyclic amines) is 1. The zero-order valence-corrected chi connectivity index (χ0v) is 15.6. The van der Waals surface area contributed by atoms with Crippen LogP contribution < -0.4 is 10.9 Å². The van der Waals surface area contributed by atoms with E-state index in [-0.39, 0.29) is 11.9 Å². The van der Waals surface area contributed by atoms with Gasteiger partial charge in [0.1, 0.15) is 11.6 Å². The van der Waals surface area contributed by atoms with Gasteiger partial charge in [-0.2, -0.15) is 0 Å². The number of amidine groups is 1. The predicted molar refractivity (Wildman–Crippen MR) is 101 cm³/mol. The molecule has 2 aromatic rings. The minimum absolute atomic E-state index is 0.0833. The molecule has 148 valence electrons. The number of hydrogen-bond donors (Lipinski definition) is 1. The summed E-state index contributed by atoms with van der Waals surface area (Å²) >= 11 is 0. The molecule has 1 unspecified atom stereocenters. The predicted octanol–water partition coefficient (Wildman–Crippen LogP) is 2.18. The summed E-state index contributed by atoms with van der Waals surface area (Å²) in [6.45, 7) is 1.60. The standard InChI is InChI=1S/C20H22F2N4O2/c1-25-12-15(2-3-18(25)27)19-23-20(28-24-19)26-6-4-13(5-7-26)8-14-9-16(21)11-17(22)10-14/h2-3,9-13,20H,4-8H2,1H3,(H,23,24). The van der Waals surface area contributed by atoms with Crippen LogP contribution in [0, 0.1) is 17.6 Å². The van der Waals surface area contributed by atoms with E-state index in [2.05, 4.69) is 15.4 Å². The lowest BCUT2D eigenvalue weighted by atomic mass is 9.90. The fourth-order valence-corrected chi connectivity index (χ4v) is 3.75. The molecule has 6 nitrogen and oxygen atoms in total. The van der Waals surface area contributed by atoms with Crippen molar-refractivity contribution in [3.05, 3.63) is 69.6 Å². The number of rotatable bonds is 4. The third-order valence-electron chi connectivity index (χ3n) is 5.29. The summed E-state index contributed by atoms with van der Waals surface area (Å²) in [6.07, 6.45) is 3.86. The van der Waals surface area contributed by atoms with Crippen molar-refractivity contribution in [2.45, 2.75) is 25.6 Å². The van der Waals surface area contributed by atoms with Gasteiger partial charge in [-0.05, 0) is 48.9 Å². The number of aromatic nitrogens is 1. The Balaban J connectivity index is 1.31. The number of oxime groups is 1. The van der Waals surface area contributed by atoms with Gasteiger partial charge in [0.15, 0.2) is 5.84 Å². The summed E-state index contributed by atoms with van der Waals surface area (Å²) in [4.78, 5) is 19.2. The Labute approximate surface area is 161 Å². The van der Waals surface area contributed by atoms with Crippen LogP contribution in [0.2, 0.25) is 0 Å². The van der Waals surface area contributed by atoms with Crippen molar-refractivity contribution in [2.24, 2.45) is 18.1 Å². The van der Waals surface area contributed by atoms with Crippen molar-refractivity contribution in [1.29, 1.82) is 0 Å². The molecule has 2 aliphatic heterocycles. The number of nitrogens with one attached hydrogen (secondary N) is 1. The first-order valence-electron chi connectivity index (χ1n) is 9.34. The number of pyridine rings is 1. The van der Waals surface area contributed by atoms with Gasteiger partial charge in [0.05, 0.1) is 0 Å². The molecule has 0 spiro atoms. The average molecular weight is 388 g/mol. The first-order valence-corrected chi connectivity index (χ1v) is 9.34. The first-order chi connectivity index (χ1) is 13.5. The minimum Gasteiger partial charge on any atom is -0.351 e. The fourth-order valence-electron chi connectivity index (χ4n) is 3.75. The first kappa shape index (κ1) is 18.6. The van der Waals surface area contributed by atoms with Gasteiger partial charge in [0.25, 0.3) is 6.35 Å². The van der Waals surface area contributed by atoms with Crippen molar-refractivity contribution < 1.29 is 13.6 Å². The van der Waals surface area contributed by atoms with E-state index < -0.39 is 11.6 Å². The Morgan fingerprint density at radius 1 is 1.18 bits per heavy atom. The van der Waals surface area contributed by atoms with Crippen LogP contribution in [-0.2, 0) is 18.3 Å². The summed E-state index contributed by atoms with van der Waals surface area (Å²) in [6, 6.07) is 6.92. The summed E-state index contributed by atoms with van der Waals surface area (Å²) in [5, 5.41) is 7.35. The molecule has 2 aliphatic rings. The molecular formula is C20H22F2N4O2. The lowest BCUT2D eigenvalue weighted by Crippen LogP contribution is -2.49.